The third kappa shape index (κ3) is 3.01. The van der Waals surface area contributed by atoms with Gasteiger partial charge in [-0.25, -0.2) is 0 Å². The van der Waals surface area contributed by atoms with Crippen LogP contribution in [0.3, 0.4) is 0 Å². The summed E-state index contributed by atoms with van der Waals surface area (Å²) in [6, 6.07) is 7.19. The number of halogens is 1. The van der Waals surface area contributed by atoms with Crippen LogP contribution in [-0.4, -0.2) is 23.9 Å². The molecule has 3 heteroatoms. The Labute approximate surface area is 108 Å². The quantitative estimate of drug-likeness (QED) is 0.749. The minimum Gasteiger partial charge on any atom is -0.338 e. The van der Waals surface area contributed by atoms with E-state index in [-0.39, 0.29) is 5.91 Å². The van der Waals surface area contributed by atoms with Gasteiger partial charge in [-0.3, -0.25) is 4.79 Å². The molecule has 0 spiro atoms. The normalized spacial score (nSPS) is 24.8. The number of benzene rings is 1. The molecule has 1 aromatic carbocycles. The first-order chi connectivity index (χ1) is 8.06. The Bertz CT molecular complexity index is 408. The maximum Gasteiger partial charge on any atom is 0.253 e. The van der Waals surface area contributed by atoms with Gasteiger partial charge >= 0.3 is 0 Å². The van der Waals surface area contributed by atoms with Crippen molar-refractivity contribution >= 4 is 17.5 Å². The summed E-state index contributed by atoms with van der Waals surface area (Å²) in [6.45, 7) is 6.12. The van der Waals surface area contributed by atoms with Crippen molar-refractivity contribution in [1.29, 1.82) is 0 Å². The molecule has 2 atom stereocenters. The second kappa shape index (κ2) is 5.09. The third-order valence-electron chi connectivity index (χ3n) is 3.23. The Balaban J connectivity index is 2.14. The van der Waals surface area contributed by atoms with Gasteiger partial charge in [-0.05, 0) is 36.5 Å². The van der Waals surface area contributed by atoms with Crippen molar-refractivity contribution in [2.75, 3.05) is 13.1 Å². The molecule has 1 aliphatic rings. The maximum absolute atomic E-state index is 12.3. The van der Waals surface area contributed by atoms with E-state index in [1.54, 1.807) is 12.1 Å². The number of hydrogen-bond acceptors (Lipinski definition) is 1. The third-order valence-corrected chi connectivity index (χ3v) is 3.46. The first-order valence-electron chi connectivity index (χ1n) is 6.11. The van der Waals surface area contributed by atoms with Crippen molar-refractivity contribution in [1.82, 2.24) is 4.90 Å². The van der Waals surface area contributed by atoms with Gasteiger partial charge in [0.1, 0.15) is 0 Å². The summed E-state index contributed by atoms with van der Waals surface area (Å²) >= 11 is 5.91. The smallest absolute Gasteiger partial charge is 0.253 e. The summed E-state index contributed by atoms with van der Waals surface area (Å²) in [6.07, 6.45) is 1.21. The Morgan fingerprint density at radius 1 is 1.29 bits per heavy atom. The number of piperidine rings is 1. The van der Waals surface area contributed by atoms with Crippen LogP contribution in [0.1, 0.15) is 30.6 Å². The van der Waals surface area contributed by atoms with E-state index in [4.69, 9.17) is 11.6 Å². The maximum atomic E-state index is 12.3. The molecular weight excluding hydrogens is 234 g/mol. The van der Waals surface area contributed by atoms with Crippen LogP contribution in [0.2, 0.25) is 5.02 Å². The largest absolute Gasteiger partial charge is 0.338 e. The van der Waals surface area contributed by atoms with Gasteiger partial charge in [-0.2, -0.15) is 0 Å². The molecule has 0 saturated carbocycles. The van der Waals surface area contributed by atoms with Crippen molar-refractivity contribution in [3.8, 4) is 0 Å². The van der Waals surface area contributed by atoms with Crippen LogP contribution < -0.4 is 0 Å². The van der Waals surface area contributed by atoms with Gasteiger partial charge in [0.05, 0.1) is 0 Å². The summed E-state index contributed by atoms with van der Waals surface area (Å²) in [5, 5.41) is 0.619. The number of amides is 1. The summed E-state index contributed by atoms with van der Waals surface area (Å²) in [7, 11) is 0. The van der Waals surface area contributed by atoms with Crippen molar-refractivity contribution in [3.63, 3.8) is 0 Å². The van der Waals surface area contributed by atoms with Gasteiger partial charge in [-0.15, -0.1) is 0 Å². The fourth-order valence-electron chi connectivity index (χ4n) is 2.63. The van der Waals surface area contributed by atoms with Gasteiger partial charge in [0.25, 0.3) is 5.91 Å². The monoisotopic (exact) mass is 251 g/mol. The molecule has 0 aromatic heterocycles. The molecule has 0 unspecified atom stereocenters. The highest BCUT2D eigenvalue weighted by Gasteiger charge is 2.25. The average Bonchev–Trinajstić information content (AvgIpc) is 2.26. The predicted octanol–water partition coefficient (Wildman–Crippen LogP) is 3.46. The van der Waals surface area contributed by atoms with Gasteiger partial charge in [0, 0.05) is 23.7 Å². The van der Waals surface area contributed by atoms with Crippen molar-refractivity contribution in [2.24, 2.45) is 11.8 Å². The standard InChI is InChI=1S/C14H18ClNO/c1-10-6-11(2)9-16(8-10)14(17)12-4-3-5-13(15)7-12/h3-5,7,10-11H,6,8-9H2,1-2H3/t10-,11-/m1/s1. The molecule has 0 bridgehead atoms. The molecule has 1 fully saturated rings. The average molecular weight is 252 g/mol. The second-order valence-corrected chi connectivity index (χ2v) is 5.60. The van der Waals surface area contributed by atoms with E-state index < -0.39 is 0 Å². The Morgan fingerprint density at radius 3 is 2.53 bits per heavy atom. The second-order valence-electron chi connectivity index (χ2n) is 5.17. The number of carbonyl (C=O) groups excluding carboxylic acids is 1. The minimum atomic E-state index is 0.103. The Kier molecular flexibility index (Phi) is 3.72. The molecule has 1 amide bonds. The fourth-order valence-corrected chi connectivity index (χ4v) is 2.82. The van der Waals surface area contributed by atoms with E-state index in [9.17, 15) is 4.79 Å². The molecule has 0 N–H and O–H groups in total. The van der Waals surface area contributed by atoms with Crippen LogP contribution in [0, 0.1) is 11.8 Å². The zero-order chi connectivity index (χ0) is 12.4. The van der Waals surface area contributed by atoms with Crippen LogP contribution >= 0.6 is 11.6 Å². The highest BCUT2D eigenvalue weighted by Crippen LogP contribution is 2.23. The lowest BCUT2D eigenvalue weighted by Gasteiger charge is -2.35. The lowest BCUT2D eigenvalue weighted by atomic mass is 9.91. The van der Waals surface area contributed by atoms with Crippen LogP contribution in [0.5, 0.6) is 0 Å². The van der Waals surface area contributed by atoms with Gasteiger partial charge in [0.2, 0.25) is 0 Å². The molecule has 2 rings (SSSR count). The lowest BCUT2D eigenvalue weighted by Crippen LogP contribution is -2.42. The highest BCUT2D eigenvalue weighted by atomic mass is 35.5. The van der Waals surface area contributed by atoms with E-state index in [1.165, 1.54) is 6.42 Å². The molecule has 2 nitrogen and oxygen atoms in total. The van der Waals surface area contributed by atoms with Gasteiger partial charge in [-0.1, -0.05) is 31.5 Å². The number of nitrogens with zero attached hydrogens (tertiary/aromatic N) is 1. The molecule has 1 heterocycles. The van der Waals surface area contributed by atoms with E-state index in [0.717, 1.165) is 13.1 Å². The zero-order valence-electron chi connectivity index (χ0n) is 10.3. The predicted molar refractivity (Wildman–Crippen MR) is 70.3 cm³/mol. The van der Waals surface area contributed by atoms with Gasteiger partial charge in [0.15, 0.2) is 0 Å². The zero-order valence-corrected chi connectivity index (χ0v) is 11.1. The topological polar surface area (TPSA) is 20.3 Å². The van der Waals surface area contributed by atoms with Crippen molar-refractivity contribution in [2.45, 2.75) is 20.3 Å². The minimum absolute atomic E-state index is 0.103. The van der Waals surface area contributed by atoms with Crippen LogP contribution in [0.25, 0.3) is 0 Å². The fraction of sp³-hybridized carbons (Fsp3) is 0.500. The number of rotatable bonds is 1. The summed E-state index contributed by atoms with van der Waals surface area (Å²) in [5.41, 5.74) is 0.693. The summed E-state index contributed by atoms with van der Waals surface area (Å²) < 4.78 is 0. The first kappa shape index (κ1) is 12.4. The molecule has 17 heavy (non-hydrogen) atoms. The van der Waals surface area contributed by atoms with Crippen LogP contribution in [0.15, 0.2) is 24.3 Å². The van der Waals surface area contributed by atoms with Gasteiger partial charge < -0.3 is 4.90 Å². The van der Waals surface area contributed by atoms with E-state index in [0.29, 0.717) is 22.4 Å². The molecule has 92 valence electrons. The van der Waals surface area contributed by atoms with Crippen LogP contribution in [-0.2, 0) is 0 Å². The molecule has 1 aromatic rings. The molecule has 1 saturated heterocycles. The Morgan fingerprint density at radius 2 is 1.94 bits per heavy atom. The highest BCUT2D eigenvalue weighted by molar-refractivity contribution is 6.30. The first-order valence-corrected chi connectivity index (χ1v) is 6.49. The van der Waals surface area contributed by atoms with Crippen molar-refractivity contribution in [3.05, 3.63) is 34.9 Å². The number of hydrogen-bond donors (Lipinski definition) is 0. The number of carbonyl (C=O) groups is 1. The van der Waals surface area contributed by atoms with E-state index >= 15 is 0 Å². The molecular formula is C14H18ClNO. The SMILES string of the molecule is C[C@@H]1C[C@@H](C)CN(C(=O)c2cccc(Cl)c2)C1. The summed E-state index contributed by atoms with van der Waals surface area (Å²) in [4.78, 5) is 14.3. The molecule has 1 aliphatic heterocycles. The molecule has 0 radical (unpaired) electrons. The Hall–Kier alpha value is -1.02. The van der Waals surface area contributed by atoms with Crippen molar-refractivity contribution < 1.29 is 4.79 Å². The summed E-state index contributed by atoms with van der Waals surface area (Å²) in [5.74, 6) is 1.27. The number of likely N-dealkylation sites (tertiary alicyclic amines) is 1. The van der Waals surface area contributed by atoms with E-state index in [1.807, 2.05) is 17.0 Å². The lowest BCUT2D eigenvalue weighted by molar-refractivity contribution is 0.0623. The van der Waals surface area contributed by atoms with E-state index in [2.05, 4.69) is 13.8 Å². The molecule has 0 aliphatic carbocycles. The van der Waals surface area contributed by atoms with Crippen LogP contribution in [0.4, 0.5) is 0 Å².